The van der Waals surface area contributed by atoms with E-state index in [-0.39, 0.29) is 36.5 Å². The number of halogens is 3. The summed E-state index contributed by atoms with van der Waals surface area (Å²) >= 11 is 0. The molecule has 0 fully saturated rings. The van der Waals surface area contributed by atoms with Gasteiger partial charge in [0.1, 0.15) is 5.78 Å². The van der Waals surface area contributed by atoms with Crippen LogP contribution in [0.25, 0.3) is 11.1 Å². The van der Waals surface area contributed by atoms with Crippen molar-refractivity contribution in [2.45, 2.75) is 38.3 Å². The quantitative estimate of drug-likeness (QED) is 0.300. The number of carbonyl (C=O) groups is 4. The number of aryl methyl sites for hydroxylation is 1. The van der Waals surface area contributed by atoms with Gasteiger partial charge in [-0.25, -0.2) is 4.79 Å². The molecule has 10 heteroatoms. The molecule has 3 aromatic carbocycles. The van der Waals surface area contributed by atoms with Gasteiger partial charge in [-0.3, -0.25) is 14.4 Å². The number of ketones is 2. The number of hydrogen-bond acceptors (Lipinski definition) is 4. The van der Waals surface area contributed by atoms with Crippen molar-refractivity contribution in [1.82, 2.24) is 0 Å². The van der Waals surface area contributed by atoms with Crippen molar-refractivity contribution in [3.63, 3.8) is 0 Å². The Kier molecular flexibility index (Phi) is 8.13. The van der Waals surface area contributed by atoms with Crippen LogP contribution in [0, 0.1) is 5.92 Å². The first-order valence-corrected chi connectivity index (χ1v) is 12.3. The highest BCUT2D eigenvalue weighted by molar-refractivity contribution is 6.03. The molecule has 2 amide bonds. The smallest absolute Gasteiger partial charge is 0.416 e. The number of hydrogen-bond donors (Lipinski definition) is 3. The Balaban J connectivity index is 1.38. The highest BCUT2D eigenvalue weighted by Gasteiger charge is 2.31. The van der Waals surface area contributed by atoms with Crippen LogP contribution in [0.2, 0.25) is 0 Å². The lowest BCUT2D eigenvalue weighted by atomic mass is 9.79. The van der Waals surface area contributed by atoms with Crippen LogP contribution in [0.4, 0.5) is 29.3 Å². The molecule has 4 rings (SSSR count). The average Bonchev–Trinajstić information content (AvgIpc) is 2.89. The maximum Gasteiger partial charge on any atom is 0.416 e. The lowest BCUT2D eigenvalue weighted by Crippen LogP contribution is -2.25. The number of benzene rings is 3. The van der Waals surface area contributed by atoms with Crippen LogP contribution in [-0.2, 0) is 22.2 Å². The molecule has 0 saturated carbocycles. The molecule has 0 radical (unpaired) electrons. The fourth-order valence-corrected chi connectivity index (χ4v) is 4.53. The second-order valence-electron chi connectivity index (χ2n) is 9.34. The Morgan fingerprint density at radius 2 is 1.56 bits per heavy atom. The maximum absolute atomic E-state index is 12.9. The van der Waals surface area contributed by atoms with E-state index in [9.17, 15) is 32.3 Å². The molecule has 1 aliphatic rings. The summed E-state index contributed by atoms with van der Waals surface area (Å²) in [6.45, 7) is 0. The minimum atomic E-state index is -4.52. The van der Waals surface area contributed by atoms with E-state index in [0.29, 0.717) is 24.1 Å². The fraction of sp³-hybridized carbons (Fsp3) is 0.241. The first-order valence-electron chi connectivity index (χ1n) is 12.3. The van der Waals surface area contributed by atoms with Crippen LogP contribution in [0.15, 0.2) is 66.7 Å². The van der Waals surface area contributed by atoms with E-state index in [1.54, 1.807) is 36.4 Å². The number of Topliss-reactive ketones (excluding diaryl/α,β-unsaturated/α-hetero) is 2. The zero-order valence-electron chi connectivity index (χ0n) is 20.7. The van der Waals surface area contributed by atoms with Crippen LogP contribution in [0.5, 0.6) is 0 Å². The molecular weight excluding hydrogens is 513 g/mol. The number of alkyl halides is 3. The van der Waals surface area contributed by atoms with E-state index in [1.807, 2.05) is 6.07 Å². The zero-order chi connectivity index (χ0) is 28.2. The summed E-state index contributed by atoms with van der Waals surface area (Å²) in [4.78, 5) is 47.9. The van der Waals surface area contributed by atoms with E-state index >= 15 is 0 Å². The Morgan fingerprint density at radius 3 is 2.26 bits per heavy atom. The Bertz CT molecular complexity index is 1420. The molecule has 7 nitrogen and oxygen atoms in total. The van der Waals surface area contributed by atoms with Crippen LogP contribution in [0.1, 0.15) is 47.2 Å². The SMILES string of the molecule is O=C(O)CCC(=O)CC1CCc2cc(-c3ccc(NC(=O)Nc4cccc(C(F)(F)F)c4)cc3)ccc2C1=O. The van der Waals surface area contributed by atoms with Gasteiger partial charge in [-0.1, -0.05) is 36.4 Å². The van der Waals surface area contributed by atoms with Gasteiger partial charge in [0.05, 0.1) is 12.0 Å². The number of rotatable bonds is 8. The summed E-state index contributed by atoms with van der Waals surface area (Å²) in [5, 5.41) is 13.7. The number of fused-ring (bicyclic) bond motifs is 1. The van der Waals surface area contributed by atoms with Crippen molar-refractivity contribution in [2.24, 2.45) is 5.92 Å². The second kappa shape index (κ2) is 11.5. The van der Waals surface area contributed by atoms with Crippen LogP contribution < -0.4 is 10.6 Å². The molecule has 3 aromatic rings. The number of carbonyl (C=O) groups excluding carboxylic acids is 3. The molecule has 0 heterocycles. The van der Waals surface area contributed by atoms with Crippen molar-refractivity contribution < 1.29 is 37.5 Å². The molecule has 39 heavy (non-hydrogen) atoms. The van der Waals surface area contributed by atoms with Gasteiger partial charge in [0.2, 0.25) is 0 Å². The second-order valence-corrected chi connectivity index (χ2v) is 9.34. The van der Waals surface area contributed by atoms with E-state index < -0.39 is 29.7 Å². The number of urea groups is 1. The molecule has 0 bridgehead atoms. The molecule has 3 N–H and O–H groups in total. The largest absolute Gasteiger partial charge is 0.481 e. The van der Waals surface area contributed by atoms with Crippen molar-refractivity contribution >= 4 is 34.9 Å². The molecular formula is C29H25F3N2O5. The monoisotopic (exact) mass is 538 g/mol. The van der Waals surface area contributed by atoms with E-state index in [1.165, 1.54) is 12.1 Å². The number of carboxylic acids is 1. The number of amides is 2. The number of anilines is 2. The summed E-state index contributed by atoms with van der Waals surface area (Å²) in [6, 6.07) is 16.0. The first kappa shape index (κ1) is 27.6. The maximum atomic E-state index is 12.9. The minimum Gasteiger partial charge on any atom is -0.481 e. The third kappa shape index (κ3) is 7.10. The Morgan fingerprint density at radius 1 is 0.872 bits per heavy atom. The van der Waals surface area contributed by atoms with E-state index in [2.05, 4.69) is 10.6 Å². The van der Waals surface area contributed by atoms with Gasteiger partial charge in [-0.05, 0) is 59.9 Å². The van der Waals surface area contributed by atoms with Gasteiger partial charge in [0, 0.05) is 35.7 Å². The third-order valence-corrected chi connectivity index (χ3v) is 6.52. The van der Waals surface area contributed by atoms with Crippen LogP contribution >= 0.6 is 0 Å². The lowest BCUT2D eigenvalue weighted by molar-refractivity contribution is -0.139. The minimum absolute atomic E-state index is 0.00872. The molecule has 0 saturated heterocycles. The van der Waals surface area contributed by atoms with Crippen molar-refractivity contribution in [1.29, 1.82) is 0 Å². The number of nitrogens with one attached hydrogen (secondary N) is 2. The Hall–Kier alpha value is -4.47. The summed E-state index contributed by atoms with van der Waals surface area (Å²) < 4.78 is 38.6. The average molecular weight is 539 g/mol. The van der Waals surface area contributed by atoms with Gasteiger partial charge in [0.25, 0.3) is 0 Å². The number of carboxylic acid groups (broad SMARTS) is 1. The van der Waals surface area contributed by atoms with Crippen LogP contribution in [-0.4, -0.2) is 28.7 Å². The standard InChI is InChI=1S/C29H25F3N2O5/c30-29(31,32)21-2-1-3-23(16-21)34-28(39)33-22-9-6-17(7-10-22)18-8-12-25-19(14-18)4-5-20(27(25)38)15-24(35)11-13-26(36)37/h1-3,6-10,12,14,16,20H,4-5,11,13,15H2,(H,36,37)(H2,33,34,39). The molecule has 0 aromatic heterocycles. The summed E-state index contributed by atoms with van der Waals surface area (Å²) in [7, 11) is 0. The summed E-state index contributed by atoms with van der Waals surface area (Å²) in [5.41, 5.74) is 2.70. The molecule has 202 valence electrons. The zero-order valence-corrected chi connectivity index (χ0v) is 20.7. The van der Waals surface area contributed by atoms with Crippen molar-refractivity contribution in [2.75, 3.05) is 10.6 Å². The summed E-state index contributed by atoms with van der Waals surface area (Å²) in [6.07, 6.45) is -3.67. The predicted octanol–water partition coefficient (Wildman–Crippen LogP) is 6.59. The highest BCUT2D eigenvalue weighted by Crippen LogP contribution is 2.33. The van der Waals surface area contributed by atoms with Crippen molar-refractivity contribution in [3.05, 3.63) is 83.4 Å². The summed E-state index contributed by atoms with van der Waals surface area (Å²) in [5.74, 6) is -1.83. The normalized spacial score (nSPS) is 14.8. The molecule has 0 spiro atoms. The van der Waals surface area contributed by atoms with Gasteiger partial charge in [-0.2, -0.15) is 13.2 Å². The molecule has 1 aliphatic carbocycles. The van der Waals surface area contributed by atoms with Crippen molar-refractivity contribution in [3.8, 4) is 11.1 Å². The topological polar surface area (TPSA) is 113 Å². The van der Waals surface area contributed by atoms with Gasteiger partial charge in [0.15, 0.2) is 5.78 Å². The van der Waals surface area contributed by atoms with E-state index in [4.69, 9.17) is 5.11 Å². The third-order valence-electron chi connectivity index (χ3n) is 6.52. The van der Waals surface area contributed by atoms with Gasteiger partial charge in [-0.15, -0.1) is 0 Å². The van der Waals surface area contributed by atoms with E-state index in [0.717, 1.165) is 28.8 Å². The molecule has 1 unspecified atom stereocenters. The highest BCUT2D eigenvalue weighted by atomic mass is 19.4. The lowest BCUT2D eigenvalue weighted by Gasteiger charge is -2.23. The Labute approximate surface area is 222 Å². The van der Waals surface area contributed by atoms with Crippen LogP contribution in [0.3, 0.4) is 0 Å². The molecule has 1 atom stereocenters. The first-order chi connectivity index (χ1) is 18.5. The van der Waals surface area contributed by atoms with Gasteiger partial charge < -0.3 is 15.7 Å². The number of aliphatic carboxylic acids is 1. The fourth-order valence-electron chi connectivity index (χ4n) is 4.53. The molecule has 0 aliphatic heterocycles. The predicted molar refractivity (Wildman–Crippen MR) is 139 cm³/mol. The van der Waals surface area contributed by atoms with Gasteiger partial charge >= 0.3 is 18.2 Å².